The number of amides is 4. The van der Waals surface area contributed by atoms with Crippen LogP contribution in [0.15, 0.2) is 54.6 Å². The van der Waals surface area contributed by atoms with E-state index in [4.69, 9.17) is 4.74 Å². The molecule has 2 aromatic carbocycles. The number of nitrogens with zero attached hydrogens (tertiary/aromatic N) is 1. The lowest BCUT2D eigenvalue weighted by molar-refractivity contribution is -0.155. The van der Waals surface area contributed by atoms with Crippen LogP contribution in [0.2, 0.25) is 0 Å². The predicted octanol–water partition coefficient (Wildman–Crippen LogP) is 2.16. The zero-order chi connectivity index (χ0) is 21.9. The number of urea groups is 1. The number of carbonyl (C=O) groups is 4. The van der Waals surface area contributed by atoms with Crippen LogP contribution < -0.4 is 10.6 Å². The van der Waals surface area contributed by atoms with Crippen molar-refractivity contribution >= 4 is 29.5 Å². The Morgan fingerprint density at radius 1 is 1.13 bits per heavy atom. The Morgan fingerprint density at radius 3 is 2.40 bits per heavy atom. The van der Waals surface area contributed by atoms with Gasteiger partial charge >= 0.3 is 12.0 Å². The van der Waals surface area contributed by atoms with Gasteiger partial charge in [-0.2, -0.15) is 0 Å². The summed E-state index contributed by atoms with van der Waals surface area (Å²) in [5, 5.41) is 5.06. The monoisotopic (exact) mass is 413 g/mol. The van der Waals surface area contributed by atoms with Crippen LogP contribution in [-0.2, 0) is 24.7 Å². The van der Waals surface area contributed by atoms with Crippen LogP contribution in [0, 0.1) is 5.82 Å². The number of carbonyl (C=O) groups excluding carboxylic acids is 4. The van der Waals surface area contributed by atoms with Crippen LogP contribution in [0.1, 0.15) is 19.4 Å². The topological polar surface area (TPSA) is 105 Å². The standard InChI is InChI=1S/C21H20FN3O5/c1-13(18(27)23-16-10-8-15(22)9-11-16)30-17(26)12-25-19(28)21(2,24-20(25)29)14-6-4-3-5-7-14/h3-11,13H,12H2,1-2H3,(H,23,27)(H,24,29)/t13-,21+/m0/s1. The zero-order valence-corrected chi connectivity index (χ0v) is 16.3. The molecule has 0 saturated carbocycles. The summed E-state index contributed by atoms with van der Waals surface area (Å²) in [6.45, 7) is 2.25. The van der Waals surface area contributed by atoms with Gasteiger partial charge in [0.25, 0.3) is 11.8 Å². The summed E-state index contributed by atoms with van der Waals surface area (Å²) in [6.07, 6.45) is -1.19. The van der Waals surface area contributed by atoms with Gasteiger partial charge in [-0.25, -0.2) is 9.18 Å². The van der Waals surface area contributed by atoms with Crippen molar-refractivity contribution < 1.29 is 28.3 Å². The lowest BCUT2D eigenvalue weighted by Crippen LogP contribution is -2.42. The minimum absolute atomic E-state index is 0.331. The summed E-state index contributed by atoms with van der Waals surface area (Å²) in [6, 6.07) is 13.0. The van der Waals surface area contributed by atoms with Crippen LogP contribution in [0.5, 0.6) is 0 Å². The van der Waals surface area contributed by atoms with E-state index in [1.807, 2.05) is 0 Å². The van der Waals surface area contributed by atoms with Crippen LogP contribution in [0.3, 0.4) is 0 Å². The molecular formula is C21H20FN3O5. The molecule has 4 amide bonds. The first kappa shape index (κ1) is 21.0. The Hall–Kier alpha value is -3.75. The molecule has 2 atom stereocenters. The first-order valence-electron chi connectivity index (χ1n) is 9.16. The van der Waals surface area contributed by atoms with Crippen molar-refractivity contribution in [2.24, 2.45) is 0 Å². The van der Waals surface area contributed by atoms with E-state index in [9.17, 15) is 23.6 Å². The fourth-order valence-corrected chi connectivity index (χ4v) is 3.00. The van der Waals surface area contributed by atoms with Crippen molar-refractivity contribution in [2.45, 2.75) is 25.5 Å². The molecule has 1 saturated heterocycles. The lowest BCUT2D eigenvalue weighted by atomic mass is 9.92. The number of benzene rings is 2. The van der Waals surface area contributed by atoms with Crippen molar-refractivity contribution in [3.8, 4) is 0 Å². The van der Waals surface area contributed by atoms with E-state index in [0.717, 1.165) is 4.90 Å². The summed E-state index contributed by atoms with van der Waals surface area (Å²) in [4.78, 5) is 50.2. The van der Waals surface area contributed by atoms with Crippen molar-refractivity contribution in [3.05, 3.63) is 66.0 Å². The minimum atomic E-state index is -1.30. The van der Waals surface area contributed by atoms with Gasteiger partial charge in [-0.05, 0) is 43.7 Å². The highest BCUT2D eigenvalue weighted by atomic mass is 19.1. The number of anilines is 1. The molecule has 156 valence electrons. The molecule has 9 heteroatoms. The highest BCUT2D eigenvalue weighted by molar-refractivity contribution is 6.09. The third kappa shape index (κ3) is 4.29. The van der Waals surface area contributed by atoms with E-state index in [-0.39, 0.29) is 0 Å². The van der Waals surface area contributed by atoms with E-state index in [1.54, 1.807) is 37.3 Å². The normalized spacial score (nSPS) is 19.2. The fourth-order valence-electron chi connectivity index (χ4n) is 3.00. The molecule has 1 heterocycles. The van der Waals surface area contributed by atoms with E-state index >= 15 is 0 Å². The molecule has 1 aliphatic rings. The molecule has 0 bridgehead atoms. The maximum absolute atomic E-state index is 12.9. The van der Waals surface area contributed by atoms with E-state index < -0.39 is 47.8 Å². The smallest absolute Gasteiger partial charge is 0.327 e. The summed E-state index contributed by atoms with van der Waals surface area (Å²) >= 11 is 0. The van der Waals surface area contributed by atoms with E-state index in [1.165, 1.54) is 31.2 Å². The molecule has 0 aromatic heterocycles. The molecule has 0 aliphatic carbocycles. The molecule has 1 fully saturated rings. The van der Waals surface area contributed by atoms with Gasteiger partial charge in [0.15, 0.2) is 6.10 Å². The average Bonchev–Trinajstić information content (AvgIpc) is 2.94. The third-order valence-electron chi connectivity index (χ3n) is 4.70. The van der Waals surface area contributed by atoms with Gasteiger partial charge in [-0.1, -0.05) is 30.3 Å². The molecule has 2 N–H and O–H groups in total. The summed E-state index contributed by atoms with van der Waals surface area (Å²) in [5.41, 5.74) is -0.396. The minimum Gasteiger partial charge on any atom is -0.451 e. The molecule has 0 spiro atoms. The maximum Gasteiger partial charge on any atom is 0.327 e. The van der Waals surface area contributed by atoms with Gasteiger partial charge in [0.05, 0.1) is 0 Å². The number of hydrogen-bond acceptors (Lipinski definition) is 5. The van der Waals surface area contributed by atoms with Crippen LogP contribution >= 0.6 is 0 Å². The molecule has 1 aliphatic heterocycles. The van der Waals surface area contributed by atoms with Crippen molar-refractivity contribution in [3.63, 3.8) is 0 Å². The first-order chi connectivity index (χ1) is 14.2. The number of halogens is 1. The summed E-state index contributed by atoms with van der Waals surface area (Å²) in [7, 11) is 0. The fraction of sp³-hybridized carbons (Fsp3) is 0.238. The maximum atomic E-state index is 12.9. The molecule has 0 radical (unpaired) electrons. The van der Waals surface area contributed by atoms with Crippen LogP contribution in [0.4, 0.5) is 14.9 Å². The molecule has 3 rings (SSSR count). The lowest BCUT2D eigenvalue weighted by Gasteiger charge is -2.22. The zero-order valence-electron chi connectivity index (χ0n) is 16.3. The van der Waals surface area contributed by atoms with Gasteiger partial charge in [0.2, 0.25) is 0 Å². The SMILES string of the molecule is C[C@H](OC(=O)CN1C(=O)N[C@](C)(c2ccccc2)C1=O)C(=O)Nc1ccc(F)cc1. The van der Waals surface area contributed by atoms with Gasteiger partial charge in [0, 0.05) is 5.69 Å². The molecule has 8 nitrogen and oxygen atoms in total. The number of imide groups is 1. The first-order valence-corrected chi connectivity index (χ1v) is 9.16. The van der Waals surface area contributed by atoms with Gasteiger partial charge < -0.3 is 15.4 Å². The Labute approximate surface area is 172 Å². The molecule has 2 aromatic rings. The Morgan fingerprint density at radius 2 is 1.77 bits per heavy atom. The Balaban J connectivity index is 1.60. The number of hydrogen-bond donors (Lipinski definition) is 2. The largest absolute Gasteiger partial charge is 0.451 e. The van der Waals surface area contributed by atoms with E-state index in [0.29, 0.717) is 11.3 Å². The summed E-state index contributed by atoms with van der Waals surface area (Å²) in [5.74, 6) is -2.61. The second-order valence-corrected chi connectivity index (χ2v) is 6.94. The van der Waals surface area contributed by atoms with E-state index in [2.05, 4.69) is 10.6 Å². The number of nitrogens with one attached hydrogen (secondary N) is 2. The second-order valence-electron chi connectivity index (χ2n) is 6.94. The number of rotatable bonds is 6. The highest BCUT2D eigenvalue weighted by Gasteiger charge is 2.49. The Kier molecular flexibility index (Phi) is 5.81. The molecule has 0 unspecified atom stereocenters. The van der Waals surface area contributed by atoms with Crippen molar-refractivity contribution in [2.75, 3.05) is 11.9 Å². The quantitative estimate of drug-likeness (QED) is 0.558. The van der Waals surface area contributed by atoms with Crippen molar-refractivity contribution in [1.82, 2.24) is 10.2 Å². The summed E-state index contributed by atoms with van der Waals surface area (Å²) < 4.78 is 18.0. The number of ether oxygens (including phenoxy) is 1. The van der Waals surface area contributed by atoms with Crippen LogP contribution in [0.25, 0.3) is 0 Å². The Bertz CT molecular complexity index is 980. The average molecular weight is 413 g/mol. The highest BCUT2D eigenvalue weighted by Crippen LogP contribution is 2.28. The predicted molar refractivity (Wildman–Crippen MR) is 105 cm³/mol. The van der Waals surface area contributed by atoms with Crippen molar-refractivity contribution in [1.29, 1.82) is 0 Å². The third-order valence-corrected chi connectivity index (χ3v) is 4.70. The number of esters is 1. The molecule has 30 heavy (non-hydrogen) atoms. The van der Waals surface area contributed by atoms with Gasteiger partial charge in [0.1, 0.15) is 17.9 Å². The van der Waals surface area contributed by atoms with Crippen LogP contribution in [-0.4, -0.2) is 41.4 Å². The molecular weight excluding hydrogens is 393 g/mol. The second kappa shape index (κ2) is 8.32. The van der Waals surface area contributed by atoms with Gasteiger partial charge in [-0.3, -0.25) is 19.3 Å². The van der Waals surface area contributed by atoms with Gasteiger partial charge in [-0.15, -0.1) is 0 Å².